The molecule has 10 heteroatoms. The van der Waals surface area contributed by atoms with Crippen LogP contribution < -0.4 is 20.9 Å². The zero-order valence-corrected chi connectivity index (χ0v) is 19.0. The molecule has 0 saturated carbocycles. The highest BCUT2D eigenvalue weighted by atomic mass is 35.5. The molecule has 2 rings (SSSR count). The van der Waals surface area contributed by atoms with Gasteiger partial charge in [0.15, 0.2) is 6.61 Å². The molecule has 2 aromatic rings. The van der Waals surface area contributed by atoms with Gasteiger partial charge in [0.25, 0.3) is 5.91 Å². The Bertz CT molecular complexity index is 1160. The van der Waals surface area contributed by atoms with E-state index in [0.29, 0.717) is 29.6 Å². The summed E-state index contributed by atoms with van der Waals surface area (Å²) >= 11 is 5.59. The van der Waals surface area contributed by atoms with Gasteiger partial charge in [-0.15, -0.1) is 0 Å². The summed E-state index contributed by atoms with van der Waals surface area (Å²) in [5.41, 5.74) is 2.04. The zero-order valence-electron chi connectivity index (χ0n) is 18.2. The molecule has 33 heavy (non-hydrogen) atoms. The smallest absolute Gasteiger partial charge is 0.262 e. The molecular formula is C23H24ClFN4O4. The van der Waals surface area contributed by atoms with E-state index in [4.69, 9.17) is 16.3 Å². The molecule has 0 saturated heterocycles. The highest BCUT2D eigenvalue weighted by Crippen LogP contribution is 2.20. The Labute approximate surface area is 195 Å². The van der Waals surface area contributed by atoms with E-state index in [-0.39, 0.29) is 29.8 Å². The van der Waals surface area contributed by atoms with Crippen molar-refractivity contribution in [2.75, 3.05) is 13.2 Å². The first-order valence-corrected chi connectivity index (χ1v) is 10.3. The van der Waals surface area contributed by atoms with Crippen molar-refractivity contribution in [1.82, 2.24) is 15.2 Å². The monoisotopic (exact) mass is 474 g/mol. The van der Waals surface area contributed by atoms with E-state index in [2.05, 4.69) is 22.2 Å². The Kier molecular flexibility index (Phi) is 9.56. The van der Waals surface area contributed by atoms with E-state index in [0.717, 1.165) is 11.6 Å². The van der Waals surface area contributed by atoms with Gasteiger partial charge in [-0.3, -0.25) is 19.0 Å². The highest BCUT2D eigenvalue weighted by molar-refractivity contribution is 6.30. The zero-order chi connectivity index (χ0) is 24.4. The SMILES string of the molecule is C=C(CCNC(=O)/C(C)=C/N=c1/cc(C)ccn1C=O)NC(=O)COc1ccc(Cl)c(F)c1. The van der Waals surface area contributed by atoms with Crippen LogP contribution in [0.4, 0.5) is 4.39 Å². The number of hydrogen-bond acceptors (Lipinski definition) is 5. The number of carbonyl (C=O) groups excluding carboxylic acids is 3. The fourth-order valence-corrected chi connectivity index (χ4v) is 2.61. The van der Waals surface area contributed by atoms with Gasteiger partial charge in [0, 0.05) is 42.7 Å². The van der Waals surface area contributed by atoms with Gasteiger partial charge >= 0.3 is 0 Å². The van der Waals surface area contributed by atoms with Crippen LogP contribution in [-0.2, 0) is 14.4 Å². The average Bonchev–Trinajstić information content (AvgIpc) is 2.78. The molecule has 0 atom stereocenters. The van der Waals surface area contributed by atoms with Crippen LogP contribution in [0.3, 0.4) is 0 Å². The van der Waals surface area contributed by atoms with Crippen molar-refractivity contribution in [3.05, 3.63) is 82.5 Å². The minimum absolute atomic E-state index is 0.0410. The topological polar surface area (TPSA) is 102 Å². The number of carbonyl (C=O) groups is 3. The lowest BCUT2D eigenvalue weighted by Crippen LogP contribution is -2.31. The molecule has 0 aliphatic rings. The predicted octanol–water partition coefficient (Wildman–Crippen LogP) is 2.65. The number of aryl methyl sites for hydroxylation is 1. The molecule has 2 amide bonds. The number of nitrogens with one attached hydrogen (secondary N) is 2. The summed E-state index contributed by atoms with van der Waals surface area (Å²) in [6.07, 6.45) is 3.88. The molecule has 1 aromatic heterocycles. The molecule has 174 valence electrons. The Balaban J connectivity index is 1.78. The third-order valence-electron chi connectivity index (χ3n) is 4.27. The minimum atomic E-state index is -0.645. The van der Waals surface area contributed by atoms with Crippen LogP contribution in [0.5, 0.6) is 5.75 Å². The molecule has 0 aliphatic heterocycles. The molecule has 0 unspecified atom stereocenters. The van der Waals surface area contributed by atoms with Gasteiger partial charge in [0.05, 0.1) is 5.02 Å². The summed E-state index contributed by atoms with van der Waals surface area (Å²) < 4.78 is 19.9. The van der Waals surface area contributed by atoms with Crippen LogP contribution in [-0.4, -0.2) is 35.9 Å². The number of rotatable bonds is 10. The second-order valence-corrected chi connectivity index (χ2v) is 7.45. The highest BCUT2D eigenvalue weighted by Gasteiger charge is 2.08. The van der Waals surface area contributed by atoms with Gasteiger partial charge in [0.2, 0.25) is 12.3 Å². The summed E-state index contributed by atoms with van der Waals surface area (Å²) in [7, 11) is 0. The van der Waals surface area contributed by atoms with Crippen molar-refractivity contribution in [1.29, 1.82) is 0 Å². The number of pyridine rings is 1. The van der Waals surface area contributed by atoms with Crippen molar-refractivity contribution in [3.8, 4) is 5.75 Å². The van der Waals surface area contributed by atoms with Gasteiger partial charge in [-0.25, -0.2) is 9.38 Å². The molecule has 0 spiro atoms. The lowest BCUT2D eigenvalue weighted by atomic mass is 10.3. The van der Waals surface area contributed by atoms with Gasteiger partial charge in [0.1, 0.15) is 17.1 Å². The standard InChI is InChI=1S/C23H24ClFN4O4/c1-15-7-9-29(14-30)21(10-15)27-12-16(2)23(32)26-8-6-17(3)28-22(31)13-33-18-4-5-19(24)20(25)11-18/h4-5,7,9-12,14H,3,6,8,13H2,1-2H3,(H,26,32)(H,28,31)/b16-12+,27-21-. The minimum Gasteiger partial charge on any atom is -0.484 e. The van der Waals surface area contributed by atoms with E-state index in [1.54, 1.807) is 25.3 Å². The normalized spacial score (nSPS) is 11.6. The van der Waals surface area contributed by atoms with Crippen LogP contribution in [0.15, 0.2) is 65.6 Å². The first-order chi connectivity index (χ1) is 15.7. The number of ether oxygens (including phenoxy) is 1. The average molecular weight is 475 g/mol. The lowest BCUT2D eigenvalue weighted by Gasteiger charge is -2.10. The first kappa shape index (κ1) is 25.5. The molecule has 0 bridgehead atoms. The maximum absolute atomic E-state index is 13.4. The molecule has 2 N–H and O–H groups in total. The van der Waals surface area contributed by atoms with Crippen LogP contribution >= 0.6 is 11.6 Å². The molecule has 8 nitrogen and oxygen atoms in total. The predicted molar refractivity (Wildman–Crippen MR) is 122 cm³/mol. The Morgan fingerprint density at radius 3 is 2.76 bits per heavy atom. The van der Waals surface area contributed by atoms with Crippen LogP contribution in [0.25, 0.3) is 0 Å². The molecular weight excluding hydrogens is 451 g/mol. The van der Waals surface area contributed by atoms with Crippen LogP contribution in [0.2, 0.25) is 5.02 Å². The molecule has 0 aliphatic carbocycles. The van der Waals surface area contributed by atoms with E-state index < -0.39 is 11.7 Å². The largest absolute Gasteiger partial charge is 0.484 e. The summed E-state index contributed by atoms with van der Waals surface area (Å²) in [5, 5.41) is 5.20. The third-order valence-corrected chi connectivity index (χ3v) is 4.58. The van der Waals surface area contributed by atoms with Crippen molar-refractivity contribution in [2.24, 2.45) is 4.99 Å². The number of halogens is 2. The van der Waals surface area contributed by atoms with E-state index in [9.17, 15) is 18.8 Å². The Morgan fingerprint density at radius 1 is 1.30 bits per heavy atom. The second-order valence-electron chi connectivity index (χ2n) is 7.04. The summed E-state index contributed by atoms with van der Waals surface area (Å²) in [4.78, 5) is 39.4. The molecule has 0 radical (unpaired) electrons. The molecule has 1 aromatic carbocycles. The quantitative estimate of drug-likeness (QED) is 0.408. The van der Waals surface area contributed by atoms with E-state index in [1.807, 2.05) is 6.92 Å². The van der Waals surface area contributed by atoms with Crippen molar-refractivity contribution < 1.29 is 23.5 Å². The van der Waals surface area contributed by atoms with Crippen LogP contribution in [0.1, 0.15) is 18.9 Å². The van der Waals surface area contributed by atoms with Gasteiger partial charge in [-0.1, -0.05) is 18.2 Å². The fourth-order valence-electron chi connectivity index (χ4n) is 2.49. The number of amides is 2. The Hall–Kier alpha value is -3.72. The summed E-state index contributed by atoms with van der Waals surface area (Å²) in [6.45, 7) is 7.08. The van der Waals surface area contributed by atoms with Crippen molar-refractivity contribution in [2.45, 2.75) is 20.3 Å². The maximum Gasteiger partial charge on any atom is 0.262 e. The molecule has 0 fully saturated rings. The summed E-state index contributed by atoms with van der Waals surface area (Å²) in [5.74, 6) is -1.30. The van der Waals surface area contributed by atoms with Gasteiger partial charge in [-0.2, -0.15) is 0 Å². The summed E-state index contributed by atoms with van der Waals surface area (Å²) in [6, 6.07) is 7.35. The van der Waals surface area contributed by atoms with E-state index in [1.165, 1.54) is 22.9 Å². The number of aromatic nitrogens is 1. The van der Waals surface area contributed by atoms with Crippen molar-refractivity contribution in [3.63, 3.8) is 0 Å². The van der Waals surface area contributed by atoms with E-state index >= 15 is 0 Å². The van der Waals surface area contributed by atoms with Gasteiger partial charge in [-0.05, 0) is 43.7 Å². The van der Waals surface area contributed by atoms with Gasteiger partial charge < -0.3 is 15.4 Å². The molecule has 1 heterocycles. The third kappa shape index (κ3) is 8.38. The lowest BCUT2D eigenvalue weighted by molar-refractivity contribution is -0.122. The van der Waals surface area contributed by atoms with Crippen molar-refractivity contribution >= 4 is 29.8 Å². The fraction of sp³-hybridized carbons (Fsp3) is 0.217. The first-order valence-electron chi connectivity index (χ1n) is 9.88. The maximum atomic E-state index is 13.4. The Morgan fingerprint density at radius 2 is 2.06 bits per heavy atom. The second kappa shape index (κ2) is 12.4. The number of benzene rings is 1. The van der Waals surface area contributed by atoms with Crippen LogP contribution in [0, 0.1) is 12.7 Å². The number of nitrogens with zero attached hydrogens (tertiary/aromatic N) is 2. The number of hydrogen-bond donors (Lipinski definition) is 2.